The second-order valence-corrected chi connectivity index (χ2v) is 37.2. The van der Waals surface area contributed by atoms with Crippen LogP contribution in [0.2, 0.25) is 0 Å². The molecule has 7 rings (SSSR count). The van der Waals surface area contributed by atoms with Crippen LogP contribution in [0.5, 0.6) is 0 Å². The predicted molar refractivity (Wildman–Crippen MR) is 494 cm³/mol. The van der Waals surface area contributed by atoms with Crippen molar-refractivity contribution in [1.82, 2.24) is 77.6 Å². The molecule has 11 amide bonds. The summed E-state index contributed by atoms with van der Waals surface area (Å²) >= 11 is 0. The molecule has 0 saturated carbocycles. The number of ether oxygens (including phenoxy) is 10. The minimum atomic E-state index is -5.01. The van der Waals surface area contributed by atoms with Crippen molar-refractivity contribution in [3.05, 3.63) is 12.7 Å². The number of rotatable bonds is 70. The number of hydrogen-bond acceptors (Lipinski definition) is 40. The van der Waals surface area contributed by atoms with E-state index in [1.807, 2.05) is 0 Å². The van der Waals surface area contributed by atoms with Crippen LogP contribution in [0.4, 0.5) is 5.82 Å². The highest BCUT2D eigenvalue weighted by Crippen LogP contribution is 2.49. The molecular formula is C88H151N16O37P. The molecule has 5 fully saturated rings. The van der Waals surface area contributed by atoms with Crippen LogP contribution in [0.3, 0.4) is 0 Å². The van der Waals surface area contributed by atoms with Crippen LogP contribution in [0.25, 0.3) is 11.2 Å². The van der Waals surface area contributed by atoms with E-state index in [1.54, 1.807) is 0 Å². The van der Waals surface area contributed by atoms with Crippen molar-refractivity contribution in [1.29, 1.82) is 0 Å². The zero-order valence-electron chi connectivity index (χ0n) is 80.9. The monoisotopic (exact) mass is 2060 g/mol. The molecule has 25 N–H and O–H groups in total. The van der Waals surface area contributed by atoms with Crippen LogP contribution in [0.15, 0.2) is 12.7 Å². The number of nitrogens with zero attached hydrogens (tertiary/aromatic N) is 5. The summed E-state index contributed by atoms with van der Waals surface area (Å²) in [5.74, 6) is -4.28. The first-order valence-electron chi connectivity index (χ1n) is 48.7. The van der Waals surface area contributed by atoms with Crippen LogP contribution >= 0.6 is 7.82 Å². The number of hydrogen-bond donors (Lipinski definition) is 24. The topological polar surface area (TPSA) is 772 Å². The minimum absolute atomic E-state index is 0.0279. The number of phosphoric ester groups is 1. The zero-order chi connectivity index (χ0) is 104. The number of nitrogens with two attached hydrogens (primary N) is 1. The third-order valence-corrected chi connectivity index (χ3v) is 25.0. The first kappa shape index (κ1) is 121. The number of fused-ring (bicyclic) bond motifs is 1. The Hall–Kier alpha value is -8.25. The summed E-state index contributed by atoms with van der Waals surface area (Å²) in [6.45, 7) is 0.393. The summed E-state index contributed by atoms with van der Waals surface area (Å²) in [6.07, 6.45) is -11.6. The molecule has 0 aromatic carbocycles. The van der Waals surface area contributed by atoms with E-state index < -0.39 is 216 Å². The molecule has 5 saturated heterocycles. The molecule has 54 heteroatoms. The smallest absolute Gasteiger partial charge is 0.394 e. The Kier molecular flexibility index (Phi) is 55.0. The van der Waals surface area contributed by atoms with Gasteiger partial charge < -0.3 is 177 Å². The number of carbonyl (C=O) groups excluding carboxylic acids is 11. The average Bonchev–Trinajstić information content (AvgIpc) is 1.61. The van der Waals surface area contributed by atoms with Crippen molar-refractivity contribution >= 4 is 89.8 Å². The molecular weight excluding hydrogens is 1900 g/mol. The maximum Gasteiger partial charge on any atom is 0.472 e. The van der Waals surface area contributed by atoms with Crippen LogP contribution in [-0.4, -0.2) is 422 Å². The molecule has 5 aliphatic heterocycles. The number of imidazole rings is 1. The van der Waals surface area contributed by atoms with E-state index in [0.29, 0.717) is 83.5 Å². The van der Waals surface area contributed by atoms with Crippen molar-refractivity contribution in [2.45, 2.75) is 322 Å². The molecule has 7 heterocycles. The maximum absolute atomic E-state index is 14.2. The molecule has 0 bridgehead atoms. The number of anilines is 1. The van der Waals surface area contributed by atoms with Gasteiger partial charge in [0.25, 0.3) is 0 Å². The van der Waals surface area contributed by atoms with Crippen molar-refractivity contribution in [2.24, 2.45) is 0 Å². The van der Waals surface area contributed by atoms with E-state index in [-0.39, 0.29) is 204 Å². The lowest BCUT2D eigenvalue weighted by molar-refractivity contribution is -0.270. The number of unbranched alkanes of at least 4 members (excludes halogenated alkanes) is 10. The second kappa shape index (κ2) is 64.7. The van der Waals surface area contributed by atoms with E-state index in [0.717, 1.165) is 25.7 Å². The number of nitrogens with one attached hydrogen (secondary N) is 10. The molecule has 2 aromatic rings. The van der Waals surface area contributed by atoms with Crippen molar-refractivity contribution in [2.75, 3.05) is 144 Å². The summed E-state index contributed by atoms with van der Waals surface area (Å²) in [6, 6.07) is -4.16. The largest absolute Gasteiger partial charge is 0.472 e. The third-order valence-electron chi connectivity index (χ3n) is 24.0. The number of amides is 11. The number of aliphatic hydroxyl groups is 12. The third kappa shape index (κ3) is 41.9. The molecule has 53 nitrogen and oxygen atoms in total. The van der Waals surface area contributed by atoms with E-state index in [1.165, 1.54) is 42.9 Å². The Morgan fingerprint density at radius 2 is 0.796 bits per heavy atom. The highest BCUT2D eigenvalue weighted by molar-refractivity contribution is 7.47. The second-order valence-electron chi connectivity index (χ2n) is 35.8. The lowest BCUT2D eigenvalue weighted by Gasteiger charge is -2.42. The lowest BCUT2D eigenvalue weighted by Crippen LogP contribution is -2.64. The van der Waals surface area contributed by atoms with Gasteiger partial charge in [0.05, 0.1) is 91.1 Å². The lowest BCUT2D eigenvalue weighted by atomic mass is 9.97. The Morgan fingerprint density at radius 1 is 0.437 bits per heavy atom. The van der Waals surface area contributed by atoms with Gasteiger partial charge in [-0.15, -0.1) is 0 Å². The van der Waals surface area contributed by atoms with Gasteiger partial charge in [0.15, 0.2) is 36.6 Å². The molecule has 0 aliphatic carbocycles. The zero-order valence-corrected chi connectivity index (χ0v) is 81.8. The van der Waals surface area contributed by atoms with Gasteiger partial charge >= 0.3 is 7.82 Å². The summed E-state index contributed by atoms with van der Waals surface area (Å²) < 4.78 is 83.6. The Balaban J connectivity index is 0.883. The highest BCUT2D eigenvalue weighted by atomic mass is 31.2. The van der Waals surface area contributed by atoms with Gasteiger partial charge in [-0.05, 0) is 77.0 Å². The number of carbonyl (C=O) groups is 11. The van der Waals surface area contributed by atoms with Gasteiger partial charge in [-0.1, -0.05) is 38.5 Å². The maximum atomic E-state index is 14.2. The Morgan fingerprint density at radius 3 is 1.18 bits per heavy atom. The summed E-state index contributed by atoms with van der Waals surface area (Å²) in [5.41, 5.74) is 4.79. The van der Waals surface area contributed by atoms with Gasteiger partial charge in [-0.2, -0.15) is 0 Å². The van der Waals surface area contributed by atoms with Crippen LogP contribution in [0.1, 0.15) is 194 Å². The molecule has 2 aromatic heterocycles. The fraction of sp³-hybridized carbons (Fsp3) is 0.818. The fourth-order valence-corrected chi connectivity index (χ4v) is 17.4. The minimum Gasteiger partial charge on any atom is -0.394 e. The van der Waals surface area contributed by atoms with Crippen LogP contribution in [0, 0.1) is 0 Å². The summed E-state index contributed by atoms with van der Waals surface area (Å²) in [4.78, 5) is 166. The van der Waals surface area contributed by atoms with Gasteiger partial charge in [0.2, 0.25) is 65.0 Å². The van der Waals surface area contributed by atoms with E-state index in [9.17, 15) is 123 Å². The van der Waals surface area contributed by atoms with Gasteiger partial charge in [0, 0.05) is 138 Å². The van der Waals surface area contributed by atoms with Crippen molar-refractivity contribution in [3.8, 4) is 0 Å². The average molecular weight is 2060 g/mol. The number of aromatic nitrogens is 4. The highest BCUT2D eigenvalue weighted by Gasteiger charge is 2.52. The van der Waals surface area contributed by atoms with Crippen LogP contribution in [-0.2, 0) is 114 Å². The number of likely N-dealkylation sites (tertiary alicyclic amines) is 1. The van der Waals surface area contributed by atoms with E-state index in [4.69, 9.17) is 62.1 Å². The fourth-order valence-electron chi connectivity index (χ4n) is 16.4. The molecule has 0 radical (unpaired) electrons. The normalized spacial score (nSPS) is 26.0. The van der Waals surface area contributed by atoms with Crippen LogP contribution < -0.4 is 58.9 Å². The number of phosphoric acid groups is 1. The predicted octanol–water partition coefficient (Wildman–Crippen LogP) is -6.64. The van der Waals surface area contributed by atoms with Gasteiger partial charge in [-0.3, -0.25) is 66.4 Å². The Labute approximate surface area is 822 Å². The number of β-amino-alcohol motifs (C(OH)–C–C–N with tert-alkyl or cyclic N) is 1. The summed E-state index contributed by atoms with van der Waals surface area (Å²) in [5, 5.41) is 151. The standard InChI is InChI=1S/C88H151N16O37P/c1-53(109)99-70-77(124)74(121)58(43-105)138-85(70)133-35-15-12-21-62(113)90-29-18-32-93-65(116)26-38-130-48-88(49-131-39-27-66(117)94-33-19-30-91-63(114)22-13-16-36-134-86-71(100-54(2)110)78(125)75(122)59(44-106)139-86,50-132-40-28-67(118)95-34-20-31-92-64(115)23-14-17-37-135-87-72(101-55(3)111)79(126)76(123)60(45-107)140-87)102-68(119)24-10-8-6-4-5-7-9-11-25-69(120)103-42-57(112)41-56(103)47-136-142(128,129)141-81-61(46-108)137-84(80(81)127)104-52-98-73-82(89)96-51-97-83(73)104/h51-52,56-61,70-72,74-81,84-87,105-108,112,121-127H,4-50H2,1-3H3,(H,90,113)(H,91,114)(H,92,115)(H,93,116)(H,94,117)(H,95,118)(H,99,109)(H,100,110)(H,101,111)(H,102,119)(H,128,129)(H2,89,96,97)/t56-,57+,58+,59+,60+,61+,70+,71+,72+,74-,75-,76-,77+,78+,79+,80+,81+,84+,85+,86+,87+/m0/s1. The molecule has 142 heavy (non-hydrogen) atoms. The first-order chi connectivity index (χ1) is 68.0. The van der Waals surface area contributed by atoms with Gasteiger partial charge in [0.1, 0.15) is 109 Å². The van der Waals surface area contributed by atoms with E-state index in [2.05, 4.69) is 68.1 Å². The number of aliphatic hydroxyl groups excluding tert-OH is 12. The van der Waals surface area contributed by atoms with Crippen molar-refractivity contribution < 1.29 is 180 Å². The van der Waals surface area contributed by atoms with Crippen molar-refractivity contribution in [3.63, 3.8) is 0 Å². The Bertz CT molecular complexity index is 3960. The molecule has 810 valence electrons. The molecule has 0 spiro atoms. The first-order valence-corrected chi connectivity index (χ1v) is 50.2. The summed E-state index contributed by atoms with van der Waals surface area (Å²) in [7, 11) is -5.01. The quantitative estimate of drug-likeness (QED) is 0.0216. The molecule has 22 atom stereocenters. The molecule has 1 unspecified atom stereocenters. The SMILES string of the molecule is CC(=O)N[C@H]1[C@H](OCCCCC(=O)NCCCNC(=O)CCOCC(COCCC(=O)NCCCNC(=O)CCCCO[C@@H]2O[C@H](CO)[C@H](O)[C@H](O)[C@H]2NC(C)=O)(COCCC(=O)NCCCNC(=O)CCCCO[C@@H]2O[C@H](CO)[C@H](O)[C@H](O)[C@H]2NC(C)=O)NC(=O)CCCCCCCCCCC(=O)N2C[C@H](O)C[C@H]2COP(=O)(O)O[C@H]2[C@@H](O)[C@H](n3cnc4c(N)ncnc43)O[C@@H]2CO)O[C@H](CO)[C@H](O)[C@@H]1O. The van der Waals surface area contributed by atoms with Gasteiger partial charge in [-0.25, -0.2) is 19.5 Å². The molecule has 5 aliphatic rings. The van der Waals surface area contributed by atoms with E-state index >= 15 is 0 Å². The number of nitrogen functional groups attached to an aromatic ring is 1.